The largest absolute Gasteiger partial charge is 0.494 e. The molecule has 4 aromatic heterocycles. The molecule has 0 bridgehead atoms. The maximum Gasteiger partial charge on any atom is 0.256 e. The van der Waals surface area contributed by atoms with Crippen LogP contribution >= 0.6 is 0 Å². The molecule has 2 N–H and O–H groups in total. The van der Waals surface area contributed by atoms with Crippen molar-refractivity contribution in [2.45, 2.75) is 32.9 Å². The third-order valence-corrected chi connectivity index (χ3v) is 4.96. The van der Waals surface area contributed by atoms with Crippen LogP contribution in [-0.4, -0.2) is 54.3 Å². The minimum Gasteiger partial charge on any atom is -0.494 e. The van der Waals surface area contributed by atoms with Crippen LogP contribution in [0.4, 0.5) is 0 Å². The number of aromatic nitrogens is 5. The molecule has 0 aromatic carbocycles. The Morgan fingerprint density at radius 1 is 1.13 bits per heavy atom. The Kier molecular flexibility index (Phi) is 5.06. The summed E-state index contributed by atoms with van der Waals surface area (Å²) in [6.07, 6.45) is 3.44. The normalized spacial score (nSPS) is 11.8. The number of aromatic hydroxyl groups is 1. The highest BCUT2D eigenvalue weighted by molar-refractivity contribution is 5.90. The number of methoxy groups -OCH3 is 2. The van der Waals surface area contributed by atoms with Gasteiger partial charge in [0.25, 0.3) is 5.88 Å². The minimum absolute atomic E-state index is 0.0606. The summed E-state index contributed by atoms with van der Waals surface area (Å²) in [5.41, 5.74) is 1.96. The molecule has 4 heterocycles. The van der Waals surface area contributed by atoms with E-state index >= 15 is 0 Å². The van der Waals surface area contributed by atoms with E-state index in [9.17, 15) is 10.2 Å². The van der Waals surface area contributed by atoms with E-state index in [-0.39, 0.29) is 5.88 Å². The number of nitrogens with zero attached hydrogens (tertiary/aromatic N) is 5. The highest BCUT2D eigenvalue weighted by Crippen LogP contribution is 2.35. The molecule has 0 unspecified atom stereocenters. The molecule has 4 aromatic rings. The lowest BCUT2D eigenvalue weighted by Gasteiger charge is -2.16. The van der Waals surface area contributed by atoms with Gasteiger partial charge < -0.3 is 19.7 Å². The van der Waals surface area contributed by atoms with Crippen molar-refractivity contribution in [3.8, 4) is 34.6 Å². The van der Waals surface area contributed by atoms with E-state index in [1.54, 1.807) is 48.7 Å². The van der Waals surface area contributed by atoms with Gasteiger partial charge in [-0.3, -0.25) is 9.25 Å². The van der Waals surface area contributed by atoms with Crippen molar-refractivity contribution in [2.75, 3.05) is 14.2 Å². The van der Waals surface area contributed by atoms with Crippen molar-refractivity contribution in [3.05, 3.63) is 42.4 Å². The van der Waals surface area contributed by atoms with Crippen molar-refractivity contribution in [2.24, 2.45) is 0 Å². The number of hydrogen-bond donors (Lipinski definition) is 2. The Labute approximate surface area is 179 Å². The third kappa shape index (κ3) is 3.79. The smallest absolute Gasteiger partial charge is 0.256 e. The zero-order chi connectivity index (χ0) is 22.3. The van der Waals surface area contributed by atoms with Gasteiger partial charge in [-0.1, -0.05) is 0 Å². The van der Waals surface area contributed by atoms with Crippen molar-refractivity contribution < 1.29 is 19.7 Å². The molecule has 162 valence electrons. The van der Waals surface area contributed by atoms with Gasteiger partial charge in [0.2, 0.25) is 5.88 Å². The van der Waals surface area contributed by atoms with E-state index in [0.717, 1.165) is 11.3 Å². The van der Waals surface area contributed by atoms with Crippen LogP contribution in [0.2, 0.25) is 0 Å². The Balaban J connectivity index is 1.78. The Morgan fingerprint density at radius 2 is 1.90 bits per heavy atom. The quantitative estimate of drug-likeness (QED) is 0.491. The highest BCUT2D eigenvalue weighted by Gasteiger charge is 2.20. The molecule has 31 heavy (non-hydrogen) atoms. The number of aliphatic hydroxyl groups is 1. The van der Waals surface area contributed by atoms with E-state index in [1.165, 1.54) is 7.11 Å². The van der Waals surface area contributed by atoms with Gasteiger partial charge in [-0.25, -0.2) is 9.97 Å². The van der Waals surface area contributed by atoms with Crippen molar-refractivity contribution in [3.63, 3.8) is 0 Å². The van der Waals surface area contributed by atoms with Crippen LogP contribution in [0.5, 0.6) is 17.5 Å². The first kappa shape index (κ1) is 20.7. The molecule has 9 heteroatoms. The second kappa shape index (κ2) is 7.59. The van der Waals surface area contributed by atoms with Crippen molar-refractivity contribution in [1.29, 1.82) is 0 Å². The number of pyridine rings is 2. The molecule has 0 aliphatic carbocycles. The lowest BCUT2D eigenvalue weighted by molar-refractivity contribution is 0.0577. The van der Waals surface area contributed by atoms with E-state index in [0.29, 0.717) is 40.6 Å². The summed E-state index contributed by atoms with van der Waals surface area (Å²) in [7, 11) is 3.09. The Hall–Kier alpha value is -3.59. The van der Waals surface area contributed by atoms with Crippen LogP contribution in [-0.2, 0) is 6.54 Å². The first-order valence-corrected chi connectivity index (χ1v) is 9.77. The van der Waals surface area contributed by atoms with Gasteiger partial charge in [0.05, 0.1) is 48.7 Å². The van der Waals surface area contributed by atoms with E-state index in [4.69, 9.17) is 14.5 Å². The van der Waals surface area contributed by atoms with E-state index in [1.807, 2.05) is 25.1 Å². The number of rotatable bonds is 6. The van der Waals surface area contributed by atoms with Gasteiger partial charge in [0.15, 0.2) is 11.6 Å². The van der Waals surface area contributed by atoms with Crippen LogP contribution in [0.3, 0.4) is 0 Å². The summed E-state index contributed by atoms with van der Waals surface area (Å²) in [6, 6.07) is 7.24. The fourth-order valence-corrected chi connectivity index (χ4v) is 3.57. The van der Waals surface area contributed by atoms with Crippen LogP contribution in [0.15, 0.2) is 36.7 Å². The zero-order valence-corrected chi connectivity index (χ0v) is 18.1. The van der Waals surface area contributed by atoms with Crippen LogP contribution in [0.25, 0.3) is 28.0 Å². The van der Waals surface area contributed by atoms with Gasteiger partial charge >= 0.3 is 0 Å². The molecule has 9 nitrogen and oxygen atoms in total. The second-order valence-electron chi connectivity index (χ2n) is 7.96. The fraction of sp³-hybridized carbons (Fsp3) is 0.318. The number of fused-ring (bicyclic) bond motifs is 1. The summed E-state index contributed by atoms with van der Waals surface area (Å²) in [5, 5.41) is 26.0. The first-order chi connectivity index (χ1) is 14.7. The fourth-order valence-electron chi connectivity index (χ4n) is 3.57. The molecular weight excluding hydrogens is 398 g/mol. The minimum atomic E-state index is -0.897. The maximum atomic E-state index is 10.9. The lowest BCUT2D eigenvalue weighted by atomic mass is 10.1. The molecule has 0 spiro atoms. The molecule has 4 rings (SSSR count). The zero-order valence-electron chi connectivity index (χ0n) is 18.1. The highest BCUT2D eigenvalue weighted by atomic mass is 16.5. The van der Waals surface area contributed by atoms with Crippen molar-refractivity contribution >= 4 is 10.9 Å². The van der Waals surface area contributed by atoms with Crippen LogP contribution in [0, 0.1) is 6.92 Å². The van der Waals surface area contributed by atoms with E-state index < -0.39 is 5.60 Å². The molecule has 0 aliphatic heterocycles. The first-order valence-electron chi connectivity index (χ1n) is 9.77. The summed E-state index contributed by atoms with van der Waals surface area (Å²) < 4.78 is 13.8. The third-order valence-electron chi connectivity index (χ3n) is 4.96. The Morgan fingerprint density at radius 3 is 2.58 bits per heavy atom. The number of hydrogen-bond acceptors (Lipinski definition) is 7. The van der Waals surface area contributed by atoms with Gasteiger partial charge in [-0.05, 0) is 39.0 Å². The summed E-state index contributed by atoms with van der Waals surface area (Å²) in [5.74, 6) is 1.52. The van der Waals surface area contributed by atoms with E-state index in [2.05, 4.69) is 10.1 Å². The van der Waals surface area contributed by atoms with Gasteiger partial charge in [0, 0.05) is 24.0 Å². The van der Waals surface area contributed by atoms with Crippen LogP contribution in [0.1, 0.15) is 19.5 Å². The second-order valence-corrected chi connectivity index (χ2v) is 7.96. The molecule has 0 fully saturated rings. The average Bonchev–Trinajstić information content (AvgIpc) is 3.27. The number of aryl methyl sites for hydroxylation is 1. The molecule has 0 saturated carbocycles. The van der Waals surface area contributed by atoms with Gasteiger partial charge in [-0.2, -0.15) is 5.10 Å². The van der Waals surface area contributed by atoms with Crippen LogP contribution < -0.4 is 9.47 Å². The molecule has 0 amide bonds. The summed E-state index contributed by atoms with van der Waals surface area (Å²) in [6.45, 7) is 5.65. The molecular formula is C22H25N5O4. The summed E-state index contributed by atoms with van der Waals surface area (Å²) >= 11 is 0. The van der Waals surface area contributed by atoms with Crippen molar-refractivity contribution in [1.82, 2.24) is 24.3 Å². The van der Waals surface area contributed by atoms with Gasteiger partial charge in [-0.15, -0.1) is 0 Å². The molecule has 0 atom stereocenters. The Bertz CT molecular complexity index is 1250. The SMILES string of the molecule is COc1cc(-c2ccc3c(O)n(-c4ccn(CC(C)(C)O)n4)c(C)c3n2)cnc1OC. The monoisotopic (exact) mass is 423 g/mol. The van der Waals surface area contributed by atoms with Gasteiger partial charge in [0.1, 0.15) is 0 Å². The molecule has 0 radical (unpaired) electrons. The number of ether oxygens (including phenoxy) is 2. The lowest BCUT2D eigenvalue weighted by Crippen LogP contribution is -2.26. The standard InChI is InChI=1S/C22H25N5O4/c1-13-19-15(21(28)27(13)18-8-9-26(25-18)12-22(2,3)29)6-7-16(24-19)14-10-17(30-4)20(31-5)23-11-14/h6-11,28-29H,12H2,1-5H3. The maximum absolute atomic E-state index is 10.9. The molecule has 0 saturated heterocycles. The topological polar surface area (TPSA) is 107 Å². The predicted molar refractivity (Wildman–Crippen MR) is 116 cm³/mol. The molecule has 0 aliphatic rings. The predicted octanol–water partition coefficient (Wildman–Crippen LogP) is 3.09. The summed E-state index contributed by atoms with van der Waals surface area (Å²) in [4.78, 5) is 9.03. The average molecular weight is 423 g/mol.